The molecule has 3 nitrogen and oxygen atoms in total. The highest BCUT2D eigenvalue weighted by molar-refractivity contribution is 14.1. The average Bonchev–Trinajstić information content (AvgIpc) is 2.10. The van der Waals surface area contributed by atoms with E-state index in [-0.39, 0.29) is 12.6 Å². The van der Waals surface area contributed by atoms with Crippen molar-refractivity contribution in [3.8, 4) is 0 Å². The first kappa shape index (κ1) is 12.5. The fourth-order valence-electron chi connectivity index (χ4n) is 0.725. The van der Waals surface area contributed by atoms with Crippen molar-refractivity contribution in [3.63, 3.8) is 0 Å². The molecule has 0 fully saturated rings. The summed E-state index contributed by atoms with van der Waals surface area (Å²) in [5.74, 6) is 0. The van der Waals surface area contributed by atoms with Crippen LogP contribution in [0.1, 0.15) is 6.92 Å². The van der Waals surface area contributed by atoms with Crippen molar-refractivity contribution in [2.45, 2.75) is 16.9 Å². The number of allylic oxidation sites excluding steroid dienone is 1. The summed E-state index contributed by atoms with van der Waals surface area (Å²) in [5, 5.41) is 2.74. The second-order valence-corrected chi connectivity index (χ2v) is 4.41. The molecule has 0 aromatic heterocycles. The monoisotopic (exact) mass is 292 g/mol. The Labute approximate surface area is 92.1 Å². The van der Waals surface area contributed by atoms with Crippen LogP contribution in [0, 0.1) is 4.91 Å². The Kier molecular flexibility index (Phi) is 7.77. The molecule has 0 rings (SSSR count). The van der Waals surface area contributed by atoms with Gasteiger partial charge in [0.15, 0.2) is 0 Å². The minimum Gasteiger partial charge on any atom is -0.285 e. The maximum atomic E-state index is 9.81. The molecule has 0 heterocycles. The van der Waals surface area contributed by atoms with Crippen LogP contribution < -0.4 is 0 Å². The Bertz CT molecular complexity index is 212. The summed E-state index contributed by atoms with van der Waals surface area (Å²) in [6.07, 6.45) is 6.92. The minimum atomic E-state index is 0.0975. The highest BCUT2D eigenvalue weighted by atomic mass is 127. The molecule has 0 spiro atoms. The van der Waals surface area contributed by atoms with Gasteiger partial charge in [-0.3, -0.25) is 4.99 Å². The summed E-state index contributed by atoms with van der Waals surface area (Å²) in [6.45, 7) is 5.82. The van der Waals surface area contributed by atoms with Crippen LogP contribution in [-0.2, 0) is 0 Å². The van der Waals surface area contributed by atoms with Crippen molar-refractivity contribution in [2.75, 3.05) is 6.54 Å². The number of alkyl halides is 1. The average molecular weight is 292 g/mol. The first-order chi connectivity index (χ1) is 6.22. The van der Waals surface area contributed by atoms with E-state index < -0.39 is 0 Å². The molecule has 0 aromatic carbocycles. The van der Waals surface area contributed by atoms with E-state index in [4.69, 9.17) is 0 Å². The van der Waals surface area contributed by atoms with E-state index in [1.807, 2.05) is 6.08 Å². The number of aliphatic imine (C=N–C) groups is 1. The lowest BCUT2D eigenvalue weighted by Crippen LogP contribution is -2.12. The van der Waals surface area contributed by atoms with Gasteiger partial charge in [-0.2, -0.15) is 4.91 Å². The van der Waals surface area contributed by atoms with Crippen LogP contribution >= 0.6 is 22.6 Å². The largest absolute Gasteiger partial charge is 0.285 e. The topological polar surface area (TPSA) is 41.8 Å². The molecule has 0 saturated carbocycles. The smallest absolute Gasteiger partial charge is 0.0993 e. The van der Waals surface area contributed by atoms with Gasteiger partial charge in [0, 0.05) is 10.1 Å². The van der Waals surface area contributed by atoms with Crippen molar-refractivity contribution >= 4 is 28.8 Å². The fraction of sp³-hybridized carbons (Fsp3) is 0.444. The zero-order valence-electron chi connectivity index (χ0n) is 7.56. The van der Waals surface area contributed by atoms with Crippen LogP contribution in [0.2, 0.25) is 0 Å². The van der Waals surface area contributed by atoms with Crippen LogP contribution in [0.25, 0.3) is 0 Å². The normalized spacial score (nSPS) is 16.2. The molecular formula is C9H13IN2O. The maximum Gasteiger partial charge on any atom is 0.0993 e. The standard InChI is InChI=1S/C9H13IN2O/c1-3-6-11-9(8(2)10)5-4-7-12-13/h3-6,8-9H,1,7H2,2H3/b5-4+,11-6?. The Balaban J connectivity index is 4.16. The third-order valence-corrected chi connectivity index (χ3v) is 2.08. The summed E-state index contributed by atoms with van der Waals surface area (Å²) in [6, 6.07) is 0.0975. The van der Waals surface area contributed by atoms with Gasteiger partial charge in [0.2, 0.25) is 0 Å². The lowest BCUT2D eigenvalue weighted by atomic mass is 10.2. The summed E-state index contributed by atoms with van der Waals surface area (Å²) in [4.78, 5) is 14.0. The number of nitroso groups, excluding NO2 is 1. The predicted molar refractivity (Wildman–Crippen MR) is 65.8 cm³/mol. The lowest BCUT2D eigenvalue weighted by molar-refractivity contribution is 0.827. The Hall–Kier alpha value is -0.520. The predicted octanol–water partition coefficient (Wildman–Crippen LogP) is 2.76. The van der Waals surface area contributed by atoms with E-state index in [1.54, 1.807) is 18.4 Å². The van der Waals surface area contributed by atoms with Crippen LogP contribution in [0.5, 0.6) is 0 Å². The lowest BCUT2D eigenvalue weighted by Gasteiger charge is -2.08. The SMILES string of the molecule is C=CC=NC(/C=C/CN=O)C(C)I. The van der Waals surface area contributed by atoms with Gasteiger partial charge < -0.3 is 0 Å². The summed E-state index contributed by atoms with van der Waals surface area (Å²) < 4.78 is 0.386. The molecule has 13 heavy (non-hydrogen) atoms. The third-order valence-electron chi connectivity index (χ3n) is 1.35. The number of nitrogens with zero attached hydrogens (tertiary/aromatic N) is 2. The summed E-state index contributed by atoms with van der Waals surface area (Å²) in [7, 11) is 0. The highest BCUT2D eigenvalue weighted by Gasteiger charge is 2.07. The summed E-state index contributed by atoms with van der Waals surface area (Å²) in [5.41, 5.74) is 0. The van der Waals surface area contributed by atoms with Gasteiger partial charge >= 0.3 is 0 Å². The van der Waals surface area contributed by atoms with E-state index in [0.29, 0.717) is 3.92 Å². The second-order valence-electron chi connectivity index (χ2n) is 2.44. The van der Waals surface area contributed by atoms with E-state index in [1.165, 1.54) is 0 Å². The molecule has 0 aliphatic rings. The molecule has 0 aliphatic carbocycles. The van der Waals surface area contributed by atoms with Crippen LogP contribution in [0.15, 0.2) is 35.0 Å². The fourth-order valence-corrected chi connectivity index (χ4v) is 1.15. The van der Waals surface area contributed by atoms with E-state index in [9.17, 15) is 4.91 Å². The number of hydrogen-bond acceptors (Lipinski definition) is 3. The molecule has 72 valence electrons. The zero-order chi connectivity index (χ0) is 10.1. The van der Waals surface area contributed by atoms with Gasteiger partial charge in [0.1, 0.15) is 0 Å². The molecule has 0 bridgehead atoms. The molecule has 2 unspecified atom stereocenters. The van der Waals surface area contributed by atoms with Gasteiger partial charge in [-0.05, 0) is 0 Å². The van der Waals surface area contributed by atoms with Crippen LogP contribution in [0.4, 0.5) is 0 Å². The molecule has 0 amide bonds. The zero-order valence-corrected chi connectivity index (χ0v) is 9.72. The Morgan fingerprint density at radius 3 is 2.77 bits per heavy atom. The van der Waals surface area contributed by atoms with Crippen LogP contribution in [0.3, 0.4) is 0 Å². The molecule has 4 heteroatoms. The van der Waals surface area contributed by atoms with Gasteiger partial charge in [0.05, 0.1) is 12.6 Å². The molecule has 2 atom stereocenters. The molecular weight excluding hydrogens is 279 g/mol. The first-order valence-electron chi connectivity index (χ1n) is 3.96. The number of halogens is 1. The second kappa shape index (κ2) is 8.10. The van der Waals surface area contributed by atoms with Gasteiger partial charge in [-0.15, -0.1) is 0 Å². The van der Waals surface area contributed by atoms with Crippen molar-refractivity contribution in [1.29, 1.82) is 0 Å². The molecule has 0 aromatic rings. The van der Waals surface area contributed by atoms with Crippen molar-refractivity contribution in [2.24, 2.45) is 10.2 Å². The van der Waals surface area contributed by atoms with E-state index in [0.717, 1.165) is 0 Å². The Morgan fingerprint density at radius 2 is 2.31 bits per heavy atom. The summed E-state index contributed by atoms with van der Waals surface area (Å²) >= 11 is 2.29. The molecule has 0 radical (unpaired) electrons. The first-order valence-corrected chi connectivity index (χ1v) is 5.21. The van der Waals surface area contributed by atoms with Gasteiger partial charge in [0.25, 0.3) is 0 Å². The van der Waals surface area contributed by atoms with Gasteiger partial charge in [-0.25, -0.2) is 0 Å². The number of hydrogen-bond donors (Lipinski definition) is 0. The van der Waals surface area contributed by atoms with Crippen molar-refractivity contribution in [1.82, 2.24) is 0 Å². The quantitative estimate of drug-likeness (QED) is 0.244. The van der Waals surface area contributed by atoms with E-state index >= 15 is 0 Å². The van der Waals surface area contributed by atoms with Crippen molar-refractivity contribution < 1.29 is 0 Å². The van der Waals surface area contributed by atoms with E-state index in [2.05, 4.69) is 46.3 Å². The van der Waals surface area contributed by atoms with Gasteiger partial charge in [-0.1, -0.05) is 59.5 Å². The maximum absolute atomic E-state index is 9.81. The third kappa shape index (κ3) is 6.62. The molecule has 0 aliphatic heterocycles. The molecule has 0 saturated heterocycles. The minimum absolute atomic E-state index is 0.0975. The highest BCUT2D eigenvalue weighted by Crippen LogP contribution is 2.10. The number of rotatable bonds is 6. The molecule has 0 N–H and O–H groups in total. The Morgan fingerprint density at radius 1 is 1.62 bits per heavy atom. The van der Waals surface area contributed by atoms with Crippen molar-refractivity contribution in [3.05, 3.63) is 29.7 Å². The van der Waals surface area contributed by atoms with Crippen LogP contribution in [-0.4, -0.2) is 22.7 Å².